The van der Waals surface area contributed by atoms with Crippen LogP contribution in [0, 0.1) is 0 Å². The van der Waals surface area contributed by atoms with Crippen molar-refractivity contribution in [2.45, 2.75) is 30.8 Å². The van der Waals surface area contributed by atoms with Gasteiger partial charge in [0.15, 0.2) is 0 Å². The first-order chi connectivity index (χ1) is 9.74. The number of thioether (sulfide) groups is 1. The van der Waals surface area contributed by atoms with Crippen LogP contribution < -0.4 is 5.32 Å². The molecular weight excluding hydrogens is 336 g/mol. The molecule has 0 aliphatic rings. The van der Waals surface area contributed by atoms with Gasteiger partial charge >= 0.3 is 0 Å². The maximum atomic E-state index is 4.15. The lowest BCUT2D eigenvalue weighted by atomic mass is 10.2. The Bertz CT molecular complexity index is 543. The summed E-state index contributed by atoms with van der Waals surface area (Å²) in [5.74, 6) is 0.948. The van der Waals surface area contributed by atoms with Crippen LogP contribution in [0.2, 0.25) is 0 Å². The molecule has 0 fully saturated rings. The molecule has 0 spiro atoms. The molecule has 2 rings (SSSR count). The average molecular weight is 355 g/mol. The Labute approximate surface area is 132 Å². The molecule has 108 valence electrons. The Hall–Kier alpha value is -0.850. The highest BCUT2D eigenvalue weighted by Gasteiger charge is 2.15. The minimum Gasteiger partial charge on any atom is -0.311 e. The Kier molecular flexibility index (Phi) is 6.06. The molecular formula is C14H19BrN4S. The number of nitrogens with one attached hydrogen (secondary N) is 1. The molecule has 2 aromatic rings. The second-order valence-electron chi connectivity index (χ2n) is 4.49. The van der Waals surface area contributed by atoms with Crippen molar-refractivity contribution in [3.05, 3.63) is 40.6 Å². The minimum absolute atomic E-state index is 0.250. The van der Waals surface area contributed by atoms with Crippen LogP contribution >= 0.6 is 27.7 Å². The van der Waals surface area contributed by atoms with Crippen LogP contribution in [0.1, 0.15) is 25.1 Å². The Morgan fingerprint density at radius 3 is 3.00 bits per heavy atom. The van der Waals surface area contributed by atoms with Crippen molar-refractivity contribution in [1.29, 1.82) is 0 Å². The number of benzene rings is 1. The predicted molar refractivity (Wildman–Crippen MR) is 87.0 cm³/mol. The van der Waals surface area contributed by atoms with Gasteiger partial charge in [0.2, 0.25) is 0 Å². The van der Waals surface area contributed by atoms with E-state index in [4.69, 9.17) is 0 Å². The number of rotatable bonds is 7. The maximum Gasteiger partial charge on any atom is 0.0765 e. The molecule has 0 aliphatic carbocycles. The third kappa shape index (κ3) is 4.07. The van der Waals surface area contributed by atoms with E-state index < -0.39 is 0 Å². The molecule has 0 amide bonds. The molecule has 20 heavy (non-hydrogen) atoms. The van der Waals surface area contributed by atoms with Gasteiger partial charge < -0.3 is 5.32 Å². The summed E-state index contributed by atoms with van der Waals surface area (Å²) in [6.45, 7) is 3.06. The molecule has 0 saturated heterocycles. The van der Waals surface area contributed by atoms with E-state index in [-0.39, 0.29) is 6.04 Å². The maximum absolute atomic E-state index is 4.15. The van der Waals surface area contributed by atoms with Crippen molar-refractivity contribution in [1.82, 2.24) is 20.3 Å². The van der Waals surface area contributed by atoms with Gasteiger partial charge in [-0.1, -0.05) is 34.1 Å². The van der Waals surface area contributed by atoms with Crippen molar-refractivity contribution in [2.75, 3.05) is 12.8 Å². The first kappa shape index (κ1) is 15.5. The quantitative estimate of drug-likeness (QED) is 0.772. The Morgan fingerprint density at radius 2 is 2.30 bits per heavy atom. The summed E-state index contributed by atoms with van der Waals surface area (Å²) in [5, 5.41) is 11.5. The van der Waals surface area contributed by atoms with Gasteiger partial charge in [-0.05, 0) is 31.7 Å². The summed E-state index contributed by atoms with van der Waals surface area (Å²) in [6.07, 6.45) is 2.92. The minimum atomic E-state index is 0.250. The molecule has 1 unspecified atom stereocenters. The van der Waals surface area contributed by atoms with Crippen LogP contribution in [0.5, 0.6) is 0 Å². The van der Waals surface area contributed by atoms with E-state index in [9.17, 15) is 0 Å². The standard InChI is InChI=1S/C14H19BrN4S/c1-3-7-19-14(9-17-18-19)13(16-2)10-20-12-6-4-5-11(15)8-12/h4-6,8-9,13,16H,3,7,10H2,1-2H3. The zero-order valence-corrected chi connectivity index (χ0v) is 14.1. The van der Waals surface area contributed by atoms with Crippen LogP contribution in [0.4, 0.5) is 0 Å². The second kappa shape index (κ2) is 7.81. The van der Waals surface area contributed by atoms with Crippen LogP contribution in [-0.4, -0.2) is 27.8 Å². The fraction of sp³-hybridized carbons (Fsp3) is 0.429. The van der Waals surface area contributed by atoms with E-state index in [0.29, 0.717) is 0 Å². The van der Waals surface area contributed by atoms with Crippen molar-refractivity contribution >= 4 is 27.7 Å². The monoisotopic (exact) mass is 354 g/mol. The summed E-state index contributed by atoms with van der Waals surface area (Å²) in [5.41, 5.74) is 1.15. The van der Waals surface area contributed by atoms with Crippen molar-refractivity contribution in [3.63, 3.8) is 0 Å². The SMILES string of the molecule is CCCn1nncc1C(CSc1cccc(Br)c1)NC. The van der Waals surface area contributed by atoms with Gasteiger partial charge in [0.25, 0.3) is 0 Å². The Balaban J connectivity index is 2.03. The summed E-state index contributed by atoms with van der Waals surface area (Å²) >= 11 is 5.33. The fourth-order valence-electron chi connectivity index (χ4n) is 1.97. The van der Waals surface area contributed by atoms with Gasteiger partial charge in [-0.15, -0.1) is 16.9 Å². The summed E-state index contributed by atoms with van der Waals surface area (Å²) in [6, 6.07) is 8.62. The van der Waals surface area contributed by atoms with Crippen LogP contribution in [0.15, 0.2) is 39.8 Å². The largest absolute Gasteiger partial charge is 0.311 e. The highest BCUT2D eigenvalue weighted by molar-refractivity contribution is 9.10. The van der Waals surface area contributed by atoms with Crippen molar-refractivity contribution in [2.24, 2.45) is 0 Å². The molecule has 0 saturated carbocycles. The molecule has 0 bridgehead atoms. The highest BCUT2D eigenvalue weighted by Crippen LogP contribution is 2.26. The number of halogens is 1. The third-order valence-corrected chi connectivity index (χ3v) is 4.58. The highest BCUT2D eigenvalue weighted by atomic mass is 79.9. The van der Waals surface area contributed by atoms with Gasteiger partial charge in [0, 0.05) is 21.7 Å². The van der Waals surface area contributed by atoms with E-state index in [2.05, 4.69) is 56.7 Å². The number of hydrogen-bond acceptors (Lipinski definition) is 4. The lowest BCUT2D eigenvalue weighted by Gasteiger charge is -2.16. The number of aryl methyl sites for hydroxylation is 1. The third-order valence-electron chi connectivity index (χ3n) is 3.00. The van der Waals surface area contributed by atoms with Crippen LogP contribution in [0.3, 0.4) is 0 Å². The lowest BCUT2D eigenvalue weighted by molar-refractivity contribution is 0.514. The predicted octanol–water partition coefficient (Wildman–Crippen LogP) is 3.50. The van der Waals surface area contributed by atoms with E-state index in [1.54, 1.807) is 0 Å². The zero-order valence-electron chi connectivity index (χ0n) is 11.7. The van der Waals surface area contributed by atoms with Crippen LogP contribution in [-0.2, 0) is 6.54 Å². The topological polar surface area (TPSA) is 42.7 Å². The number of nitrogens with zero attached hydrogens (tertiary/aromatic N) is 3. The number of hydrogen-bond donors (Lipinski definition) is 1. The summed E-state index contributed by atoms with van der Waals surface area (Å²) in [4.78, 5) is 1.26. The van der Waals surface area contributed by atoms with E-state index >= 15 is 0 Å². The summed E-state index contributed by atoms with van der Waals surface area (Å²) < 4.78 is 3.10. The molecule has 0 aliphatic heterocycles. The first-order valence-corrected chi connectivity index (χ1v) is 8.46. The number of aromatic nitrogens is 3. The zero-order chi connectivity index (χ0) is 14.4. The van der Waals surface area contributed by atoms with Crippen molar-refractivity contribution in [3.8, 4) is 0 Å². The van der Waals surface area contributed by atoms with E-state index in [1.807, 2.05) is 35.8 Å². The van der Waals surface area contributed by atoms with Gasteiger partial charge in [0.1, 0.15) is 0 Å². The van der Waals surface area contributed by atoms with E-state index in [0.717, 1.165) is 28.9 Å². The molecule has 1 heterocycles. The van der Waals surface area contributed by atoms with Gasteiger partial charge in [-0.25, -0.2) is 4.68 Å². The average Bonchev–Trinajstić information content (AvgIpc) is 2.89. The molecule has 1 N–H and O–H groups in total. The molecule has 4 nitrogen and oxygen atoms in total. The molecule has 6 heteroatoms. The van der Waals surface area contributed by atoms with Gasteiger partial charge in [-0.3, -0.25) is 0 Å². The Morgan fingerprint density at radius 1 is 1.45 bits per heavy atom. The van der Waals surface area contributed by atoms with Gasteiger partial charge in [-0.2, -0.15) is 0 Å². The normalized spacial score (nSPS) is 12.6. The van der Waals surface area contributed by atoms with Crippen molar-refractivity contribution < 1.29 is 0 Å². The van der Waals surface area contributed by atoms with E-state index in [1.165, 1.54) is 4.90 Å². The van der Waals surface area contributed by atoms with Gasteiger partial charge in [0.05, 0.1) is 17.9 Å². The summed E-state index contributed by atoms with van der Waals surface area (Å²) in [7, 11) is 1.98. The first-order valence-electron chi connectivity index (χ1n) is 6.68. The fourth-order valence-corrected chi connectivity index (χ4v) is 3.61. The molecule has 1 aromatic carbocycles. The second-order valence-corrected chi connectivity index (χ2v) is 6.50. The smallest absolute Gasteiger partial charge is 0.0765 e. The molecule has 1 atom stereocenters. The lowest BCUT2D eigenvalue weighted by Crippen LogP contribution is -2.22. The molecule has 1 aromatic heterocycles. The molecule has 0 radical (unpaired) electrons. The van der Waals surface area contributed by atoms with Crippen LogP contribution in [0.25, 0.3) is 0 Å².